The van der Waals surface area contributed by atoms with Crippen molar-refractivity contribution < 1.29 is 9.21 Å². The van der Waals surface area contributed by atoms with E-state index in [0.717, 1.165) is 36.3 Å². The van der Waals surface area contributed by atoms with E-state index in [1.54, 1.807) is 22.2 Å². The van der Waals surface area contributed by atoms with Crippen LogP contribution in [0, 0.1) is 6.92 Å². The number of amides is 1. The van der Waals surface area contributed by atoms with Crippen LogP contribution in [-0.4, -0.2) is 43.9 Å². The minimum atomic E-state index is -0.00282. The van der Waals surface area contributed by atoms with Crippen molar-refractivity contribution in [2.75, 3.05) is 13.1 Å². The predicted octanol–water partition coefficient (Wildman–Crippen LogP) is 4.31. The third-order valence-corrected chi connectivity index (χ3v) is 6.19. The zero-order valence-electron chi connectivity index (χ0n) is 16.6. The van der Waals surface area contributed by atoms with Gasteiger partial charge in [0.05, 0.1) is 29.1 Å². The van der Waals surface area contributed by atoms with E-state index in [9.17, 15) is 4.79 Å². The number of rotatable bonds is 4. The Kier molecular flexibility index (Phi) is 4.92. The quantitative estimate of drug-likeness (QED) is 0.493. The minimum absolute atomic E-state index is 0.00282. The van der Waals surface area contributed by atoms with E-state index in [-0.39, 0.29) is 11.8 Å². The normalized spacial score (nSPS) is 16.7. The van der Waals surface area contributed by atoms with Gasteiger partial charge in [0, 0.05) is 24.0 Å². The molecule has 4 aromatic rings. The molecule has 1 aromatic carbocycles. The summed E-state index contributed by atoms with van der Waals surface area (Å²) in [5.74, 6) is 1.18. The molecule has 3 aromatic heterocycles. The molecule has 0 bridgehead atoms. The van der Waals surface area contributed by atoms with Gasteiger partial charge in [-0.2, -0.15) is 16.4 Å². The molecule has 1 atom stereocenters. The van der Waals surface area contributed by atoms with Crippen molar-refractivity contribution in [1.29, 1.82) is 0 Å². The molecule has 152 valence electrons. The van der Waals surface area contributed by atoms with Crippen molar-refractivity contribution in [1.82, 2.24) is 24.9 Å². The predicted molar refractivity (Wildman–Crippen MR) is 114 cm³/mol. The van der Waals surface area contributed by atoms with Gasteiger partial charge in [-0.15, -0.1) is 10.2 Å². The van der Waals surface area contributed by atoms with E-state index >= 15 is 0 Å². The van der Waals surface area contributed by atoms with Crippen LogP contribution in [0.3, 0.4) is 0 Å². The van der Waals surface area contributed by atoms with Gasteiger partial charge in [-0.25, -0.2) is 4.68 Å². The van der Waals surface area contributed by atoms with Crippen LogP contribution in [0.15, 0.2) is 57.8 Å². The molecule has 1 unspecified atom stereocenters. The van der Waals surface area contributed by atoms with Gasteiger partial charge in [0.25, 0.3) is 5.91 Å². The molecule has 1 aliphatic heterocycles. The second kappa shape index (κ2) is 7.87. The van der Waals surface area contributed by atoms with Gasteiger partial charge in [-0.05, 0) is 43.3 Å². The SMILES string of the molecule is Cc1c(C(=O)N2CCCC(c3nnc(-c4ccsc4)o3)C2)cnn1-c1ccccc1. The third kappa shape index (κ3) is 3.43. The Morgan fingerprint density at radius 2 is 2.07 bits per heavy atom. The van der Waals surface area contributed by atoms with Crippen molar-refractivity contribution in [2.24, 2.45) is 0 Å². The number of benzene rings is 1. The first-order chi connectivity index (χ1) is 14.7. The summed E-state index contributed by atoms with van der Waals surface area (Å²) >= 11 is 1.59. The van der Waals surface area contributed by atoms with E-state index < -0.39 is 0 Å². The van der Waals surface area contributed by atoms with Gasteiger partial charge in [0.1, 0.15) is 0 Å². The highest BCUT2D eigenvalue weighted by Gasteiger charge is 2.30. The number of hydrogen-bond acceptors (Lipinski definition) is 6. The molecular formula is C22H21N5O2S. The number of hydrogen-bond donors (Lipinski definition) is 0. The number of likely N-dealkylation sites (tertiary alicyclic amines) is 1. The molecule has 1 aliphatic rings. The van der Waals surface area contributed by atoms with Crippen LogP contribution in [0.2, 0.25) is 0 Å². The number of carbonyl (C=O) groups excluding carboxylic acids is 1. The van der Waals surface area contributed by atoms with Crippen LogP contribution in [0.5, 0.6) is 0 Å². The lowest BCUT2D eigenvalue weighted by molar-refractivity contribution is 0.0697. The first-order valence-electron chi connectivity index (χ1n) is 9.96. The summed E-state index contributed by atoms with van der Waals surface area (Å²) in [7, 11) is 0. The highest BCUT2D eigenvalue weighted by molar-refractivity contribution is 7.08. The van der Waals surface area contributed by atoms with Crippen molar-refractivity contribution >= 4 is 17.2 Å². The monoisotopic (exact) mass is 419 g/mol. The van der Waals surface area contributed by atoms with Crippen LogP contribution in [-0.2, 0) is 0 Å². The van der Waals surface area contributed by atoms with Gasteiger partial charge < -0.3 is 9.32 Å². The fourth-order valence-electron chi connectivity index (χ4n) is 3.88. The standard InChI is InChI=1S/C22H21N5O2S/c1-15-19(12-23-27(15)18-7-3-2-4-8-18)22(28)26-10-5-6-16(13-26)20-24-25-21(29-20)17-9-11-30-14-17/h2-4,7-9,11-12,14,16H,5-6,10,13H2,1H3. The smallest absolute Gasteiger partial charge is 0.257 e. The zero-order valence-corrected chi connectivity index (χ0v) is 17.4. The maximum absolute atomic E-state index is 13.2. The van der Waals surface area contributed by atoms with Crippen molar-refractivity contribution in [3.8, 4) is 17.1 Å². The summed E-state index contributed by atoms with van der Waals surface area (Å²) in [5.41, 5.74) is 3.35. The van der Waals surface area contributed by atoms with Crippen LogP contribution in [0.4, 0.5) is 0 Å². The van der Waals surface area contributed by atoms with Gasteiger partial charge in [0.15, 0.2) is 0 Å². The van der Waals surface area contributed by atoms with Crippen molar-refractivity contribution in [2.45, 2.75) is 25.7 Å². The fourth-order valence-corrected chi connectivity index (χ4v) is 4.51. The fraction of sp³-hybridized carbons (Fsp3) is 0.273. The Labute approximate surface area is 178 Å². The molecule has 1 saturated heterocycles. The molecule has 0 spiro atoms. The molecule has 0 saturated carbocycles. The third-order valence-electron chi connectivity index (χ3n) is 5.51. The lowest BCUT2D eigenvalue weighted by Gasteiger charge is -2.31. The average molecular weight is 420 g/mol. The summed E-state index contributed by atoms with van der Waals surface area (Å²) in [6.07, 6.45) is 3.49. The van der Waals surface area contributed by atoms with Crippen molar-refractivity contribution in [3.05, 3.63) is 70.5 Å². The summed E-state index contributed by atoms with van der Waals surface area (Å²) in [5, 5.41) is 16.9. The van der Waals surface area contributed by atoms with Crippen LogP contribution in [0.25, 0.3) is 17.1 Å². The zero-order chi connectivity index (χ0) is 20.5. The summed E-state index contributed by atoms with van der Waals surface area (Å²) < 4.78 is 7.72. The molecule has 0 aliphatic carbocycles. The second-order valence-electron chi connectivity index (χ2n) is 7.44. The molecule has 7 nitrogen and oxygen atoms in total. The van der Waals surface area contributed by atoms with Crippen LogP contribution < -0.4 is 0 Å². The lowest BCUT2D eigenvalue weighted by Crippen LogP contribution is -2.39. The highest BCUT2D eigenvalue weighted by atomic mass is 32.1. The van der Waals surface area contributed by atoms with Crippen LogP contribution in [0.1, 0.15) is 40.7 Å². The van der Waals surface area contributed by atoms with E-state index in [2.05, 4.69) is 15.3 Å². The minimum Gasteiger partial charge on any atom is -0.420 e. The number of carbonyl (C=O) groups is 1. The number of para-hydroxylation sites is 1. The van der Waals surface area contributed by atoms with Gasteiger partial charge in [0.2, 0.25) is 11.8 Å². The maximum Gasteiger partial charge on any atom is 0.257 e. The maximum atomic E-state index is 13.2. The van der Waals surface area contributed by atoms with E-state index in [4.69, 9.17) is 4.42 Å². The number of nitrogens with zero attached hydrogens (tertiary/aromatic N) is 5. The van der Waals surface area contributed by atoms with Crippen LogP contribution >= 0.6 is 11.3 Å². The van der Waals surface area contributed by atoms with Gasteiger partial charge in [-0.3, -0.25) is 4.79 Å². The van der Waals surface area contributed by atoms with Gasteiger partial charge in [-0.1, -0.05) is 18.2 Å². The molecule has 0 radical (unpaired) electrons. The number of thiophene rings is 1. The Morgan fingerprint density at radius 1 is 1.20 bits per heavy atom. The molecule has 0 N–H and O–H groups in total. The van der Waals surface area contributed by atoms with Crippen molar-refractivity contribution in [3.63, 3.8) is 0 Å². The molecule has 4 heterocycles. The molecule has 1 fully saturated rings. The van der Waals surface area contributed by atoms with E-state index in [1.165, 1.54) is 0 Å². The summed E-state index contributed by atoms with van der Waals surface area (Å²) in [6.45, 7) is 3.22. The molecule has 30 heavy (non-hydrogen) atoms. The molecule has 1 amide bonds. The Morgan fingerprint density at radius 3 is 2.87 bits per heavy atom. The Bertz CT molecular complexity index is 1150. The first-order valence-corrected chi connectivity index (χ1v) is 10.9. The molecule has 8 heteroatoms. The Hall–Kier alpha value is -3.26. The van der Waals surface area contributed by atoms with E-state index in [1.807, 2.05) is 59.0 Å². The molecule has 5 rings (SSSR count). The lowest BCUT2D eigenvalue weighted by atomic mass is 9.97. The average Bonchev–Trinajstić information content (AvgIpc) is 3.54. The second-order valence-corrected chi connectivity index (χ2v) is 8.22. The number of piperidine rings is 1. The first kappa shape index (κ1) is 18.7. The highest BCUT2D eigenvalue weighted by Crippen LogP contribution is 2.30. The van der Waals surface area contributed by atoms with E-state index in [0.29, 0.717) is 23.9 Å². The Balaban J connectivity index is 1.34. The molecular weight excluding hydrogens is 398 g/mol. The largest absolute Gasteiger partial charge is 0.420 e. The number of aromatic nitrogens is 4. The summed E-state index contributed by atoms with van der Waals surface area (Å²) in [6, 6.07) is 11.8. The topological polar surface area (TPSA) is 77.1 Å². The summed E-state index contributed by atoms with van der Waals surface area (Å²) in [4.78, 5) is 15.1. The van der Waals surface area contributed by atoms with Gasteiger partial charge >= 0.3 is 0 Å².